The van der Waals surface area contributed by atoms with Gasteiger partial charge in [0, 0.05) is 23.3 Å². The van der Waals surface area contributed by atoms with Crippen LogP contribution in [0.3, 0.4) is 0 Å². The quantitative estimate of drug-likeness (QED) is 0.484. The van der Waals surface area contributed by atoms with Gasteiger partial charge >= 0.3 is 0 Å². The molecule has 1 amide bonds. The van der Waals surface area contributed by atoms with E-state index in [1.807, 2.05) is 35.8 Å². The summed E-state index contributed by atoms with van der Waals surface area (Å²) in [4.78, 5) is 16.1. The zero-order valence-corrected chi connectivity index (χ0v) is 16.1. The number of benzene rings is 1. The standard InChI is InChI=1S/C17H15Cl2N5OS/c1-2-24-16(11-5-7-12(18)8-6-11)22-23-17(24)26-10-14(25)21-13-4-3-9-20-15(13)19/h3-9H,2,10H2,1H3,(H,21,25). The lowest BCUT2D eigenvalue weighted by molar-refractivity contribution is -0.113. The van der Waals surface area contributed by atoms with E-state index < -0.39 is 0 Å². The predicted molar refractivity (Wildman–Crippen MR) is 105 cm³/mol. The van der Waals surface area contributed by atoms with Gasteiger partial charge in [-0.2, -0.15) is 0 Å². The third kappa shape index (κ3) is 4.35. The van der Waals surface area contributed by atoms with Crippen molar-refractivity contribution in [2.45, 2.75) is 18.6 Å². The summed E-state index contributed by atoms with van der Waals surface area (Å²) < 4.78 is 1.96. The van der Waals surface area contributed by atoms with E-state index in [1.54, 1.807) is 18.3 Å². The molecule has 1 N–H and O–H groups in total. The van der Waals surface area contributed by atoms with E-state index in [4.69, 9.17) is 23.2 Å². The summed E-state index contributed by atoms with van der Waals surface area (Å²) in [6, 6.07) is 10.8. The van der Waals surface area contributed by atoms with Crippen molar-refractivity contribution >= 4 is 46.6 Å². The van der Waals surface area contributed by atoms with Gasteiger partial charge in [0.25, 0.3) is 0 Å². The lowest BCUT2D eigenvalue weighted by atomic mass is 10.2. The van der Waals surface area contributed by atoms with Crippen LogP contribution in [0.1, 0.15) is 6.92 Å². The summed E-state index contributed by atoms with van der Waals surface area (Å²) in [7, 11) is 0. The third-order valence-corrected chi connectivity index (χ3v) is 5.02. The van der Waals surface area contributed by atoms with Gasteiger partial charge in [-0.05, 0) is 43.3 Å². The molecule has 0 saturated heterocycles. The Bertz CT molecular complexity index is 914. The number of aromatic nitrogens is 4. The van der Waals surface area contributed by atoms with Crippen LogP contribution in [0.15, 0.2) is 47.8 Å². The molecular weight excluding hydrogens is 393 g/mol. The van der Waals surface area contributed by atoms with Crippen molar-refractivity contribution in [3.05, 3.63) is 52.8 Å². The Labute approximate surface area is 164 Å². The molecule has 0 aliphatic carbocycles. The van der Waals surface area contributed by atoms with Crippen molar-refractivity contribution in [1.29, 1.82) is 0 Å². The Balaban J connectivity index is 1.69. The van der Waals surface area contributed by atoms with E-state index in [2.05, 4.69) is 20.5 Å². The molecule has 3 aromatic rings. The monoisotopic (exact) mass is 407 g/mol. The Kier molecular flexibility index (Phi) is 6.13. The van der Waals surface area contributed by atoms with Crippen molar-refractivity contribution in [3.8, 4) is 11.4 Å². The Hall–Kier alpha value is -2.09. The van der Waals surface area contributed by atoms with Gasteiger partial charge in [0.2, 0.25) is 5.91 Å². The van der Waals surface area contributed by atoms with Crippen LogP contribution in [0, 0.1) is 0 Å². The van der Waals surface area contributed by atoms with Crippen LogP contribution in [-0.2, 0) is 11.3 Å². The average Bonchev–Trinajstić information content (AvgIpc) is 3.05. The van der Waals surface area contributed by atoms with Gasteiger partial charge < -0.3 is 9.88 Å². The molecular formula is C17H15Cl2N5OS. The second-order valence-corrected chi connectivity index (χ2v) is 6.97. The fourth-order valence-electron chi connectivity index (χ4n) is 2.29. The smallest absolute Gasteiger partial charge is 0.234 e. The lowest BCUT2D eigenvalue weighted by Crippen LogP contribution is -2.15. The molecule has 0 atom stereocenters. The van der Waals surface area contributed by atoms with Gasteiger partial charge in [-0.15, -0.1) is 10.2 Å². The number of nitrogens with zero attached hydrogens (tertiary/aromatic N) is 4. The molecule has 2 heterocycles. The van der Waals surface area contributed by atoms with Gasteiger partial charge in [-0.3, -0.25) is 4.79 Å². The van der Waals surface area contributed by atoms with Crippen molar-refractivity contribution in [3.63, 3.8) is 0 Å². The van der Waals surface area contributed by atoms with Crippen LogP contribution in [0.25, 0.3) is 11.4 Å². The van der Waals surface area contributed by atoms with E-state index in [0.29, 0.717) is 22.4 Å². The maximum atomic E-state index is 12.2. The molecule has 2 aromatic heterocycles. The number of thioether (sulfide) groups is 1. The van der Waals surface area contributed by atoms with E-state index in [1.165, 1.54) is 11.8 Å². The van der Waals surface area contributed by atoms with Crippen molar-refractivity contribution in [2.24, 2.45) is 0 Å². The highest BCUT2D eigenvalue weighted by Crippen LogP contribution is 2.25. The summed E-state index contributed by atoms with van der Waals surface area (Å²) in [5, 5.41) is 12.8. The Morgan fingerprint density at radius 1 is 1.19 bits per heavy atom. The molecule has 6 nitrogen and oxygen atoms in total. The molecule has 0 fully saturated rings. The van der Waals surface area contributed by atoms with E-state index in [0.717, 1.165) is 11.4 Å². The number of carbonyl (C=O) groups excluding carboxylic acids is 1. The normalized spacial score (nSPS) is 10.7. The largest absolute Gasteiger partial charge is 0.323 e. The van der Waals surface area contributed by atoms with Gasteiger partial charge in [-0.1, -0.05) is 35.0 Å². The molecule has 3 rings (SSSR count). The van der Waals surface area contributed by atoms with Crippen LogP contribution in [0.4, 0.5) is 5.69 Å². The van der Waals surface area contributed by atoms with Crippen LogP contribution in [-0.4, -0.2) is 31.4 Å². The molecule has 0 aliphatic heterocycles. The molecule has 0 bridgehead atoms. The first-order valence-corrected chi connectivity index (χ1v) is 9.55. The predicted octanol–water partition coefficient (Wildman–Crippen LogP) is 4.40. The number of hydrogen-bond donors (Lipinski definition) is 1. The number of amides is 1. The number of hydrogen-bond acceptors (Lipinski definition) is 5. The molecule has 0 aliphatic rings. The molecule has 0 spiro atoms. The minimum Gasteiger partial charge on any atom is -0.323 e. The van der Waals surface area contributed by atoms with Crippen LogP contribution >= 0.6 is 35.0 Å². The summed E-state index contributed by atoms with van der Waals surface area (Å²) in [6.45, 7) is 2.69. The molecule has 134 valence electrons. The van der Waals surface area contributed by atoms with Crippen LogP contribution < -0.4 is 5.32 Å². The topological polar surface area (TPSA) is 72.7 Å². The maximum absolute atomic E-state index is 12.2. The van der Waals surface area contributed by atoms with Gasteiger partial charge in [0.1, 0.15) is 0 Å². The zero-order valence-electron chi connectivity index (χ0n) is 13.8. The lowest BCUT2D eigenvalue weighted by Gasteiger charge is -2.08. The van der Waals surface area contributed by atoms with Gasteiger partial charge in [0.05, 0.1) is 11.4 Å². The zero-order chi connectivity index (χ0) is 18.5. The molecule has 0 unspecified atom stereocenters. The molecule has 0 radical (unpaired) electrons. The SMILES string of the molecule is CCn1c(SCC(=O)Nc2cccnc2Cl)nnc1-c1ccc(Cl)cc1. The highest BCUT2D eigenvalue weighted by molar-refractivity contribution is 7.99. The molecule has 9 heteroatoms. The fourth-order valence-corrected chi connectivity index (χ4v) is 3.38. The fraction of sp³-hybridized carbons (Fsp3) is 0.176. The van der Waals surface area contributed by atoms with E-state index >= 15 is 0 Å². The number of halogens is 2. The first-order chi connectivity index (χ1) is 12.6. The first kappa shape index (κ1) is 18.7. The number of pyridine rings is 1. The highest BCUT2D eigenvalue weighted by atomic mass is 35.5. The van der Waals surface area contributed by atoms with Crippen LogP contribution in [0.2, 0.25) is 10.2 Å². The van der Waals surface area contributed by atoms with E-state index in [9.17, 15) is 4.79 Å². The van der Waals surface area contributed by atoms with Crippen molar-refractivity contribution in [2.75, 3.05) is 11.1 Å². The first-order valence-electron chi connectivity index (χ1n) is 7.80. The number of carbonyl (C=O) groups is 1. The second-order valence-electron chi connectivity index (χ2n) is 5.24. The highest BCUT2D eigenvalue weighted by Gasteiger charge is 2.15. The Morgan fingerprint density at radius 2 is 1.96 bits per heavy atom. The van der Waals surface area contributed by atoms with Crippen LogP contribution in [0.5, 0.6) is 0 Å². The van der Waals surface area contributed by atoms with Gasteiger partial charge in [0.15, 0.2) is 16.1 Å². The molecule has 1 aromatic carbocycles. The minimum absolute atomic E-state index is 0.184. The molecule has 26 heavy (non-hydrogen) atoms. The Morgan fingerprint density at radius 3 is 2.65 bits per heavy atom. The summed E-state index contributed by atoms with van der Waals surface area (Å²) in [6.07, 6.45) is 1.56. The summed E-state index contributed by atoms with van der Waals surface area (Å²) in [5.41, 5.74) is 1.40. The minimum atomic E-state index is -0.191. The average molecular weight is 408 g/mol. The molecule has 0 saturated carbocycles. The number of nitrogens with one attached hydrogen (secondary N) is 1. The number of anilines is 1. The van der Waals surface area contributed by atoms with Crippen molar-refractivity contribution < 1.29 is 4.79 Å². The number of rotatable bonds is 6. The maximum Gasteiger partial charge on any atom is 0.234 e. The summed E-state index contributed by atoms with van der Waals surface area (Å²) in [5.74, 6) is 0.732. The second kappa shape index (κ2) is 8.53. The third-order valence-electron chi connectivity index (χ3n) is 3.50. The summed E-state index contributed by atoms with van der Waals surface area (Å²) >= 11 is 13.2. The van der Waals surface area contributed by atoms with Gasteiger partial charge in [-0.25, -0.2) is 4.98 Å². The van der Waals surface area contributed by atoms with Crippen molar-refractivity contribution in [1.82, 2.24) is 19.7 Å². The van der Waals surface area contributed by atoms with E-state index in [-0.39, 0.29) is 16.8 Å².